The zero-order valence-corrected chi connectivity index (χ0v) is 18.2. The van der Waals surface area contributed by atoms with Crippen molar-refractivity contribution in [3.8, 4) is 0 Å². The molecule has 28 heavy (non-hydrogen) atoms. The van der Waals surface area contributed by atoms with Crippen molar-refractivity contribution in [2.45, 2.75) is 38.6 Å². The second-order valence-electron chi connectivity index (χ2n) is 6.68. The molecule has 2 unspecified atom stereocenters. The van der Waals surface area contributed by atoms with Crippen molar-refractivity contribution < 1.29 is 27.3 Å². The topological polar surface area (TPSA) is 83.1 Å². The highest BCUT2D eigenvalue weighted by molar-refractivity contribution is 7.98. The minimum Gasteiger partial charge on any atom is -0.475 e. The van der Waals surface area contributed by atoms with E-state index in [9.17, 15) is 9.36 Å². The standard InChI is InChI=1S/C19H28NO6PS/c1-5-19(11-12-19)14-28-26-27(22,24-4)17(18(21)23-3)20-15(2)25-13-16-9-7-6-8-10-16/h6-10,17,20H,2,5,11-14H2,1,3-4H3. The molecule has 1 aliphatic carbocycles. The number of carbonyl (C=O) groups excluding carboxylic acids is 1. The van der Waals surface area contributed by atoms with E-state index in [0.717, 1.165) is 36.9 Å². The van der Waals surface area contributed by atoms with E-state index < -0.39 is 19.3 Å². The summed E-state index contributed by atoms with van der Waals surface area (Å²) in [6.45, 7) is 6.10. The van der Waals surface area contributed by atoms with Gasteiger partial charge < -0.3 is 19.3 Å². The minimum absolute atomic E-state index is 0.0670. The number of hydrogen-bond acceptors (Lipinski definition) is 8. The Labute approximate surface area is 170 Å². The molecule has 1 aromatic carbocycles. The Hall–Kier alpha value is -1.47. The minimum atomic E-state index is -3.86. The predicted octanol–water partition coefficient (Wildman–Crippen LogP) is 4.46. The molecule has 0 aliphatic heterocycles. The molecule has 156 valence electrons. The van der Waals surface area contributed by atoms with Gasteiger partial charge in [0.15, 0.2) is 5.88 Å². The number of esters is 1. The third-order valence-corrected chi connectivity index (χ3v) is 8.24. The largest absolute Gasteiger partial charge is 0.475 e. The van der Waals surface area contributed by atoms with Crippen LogP contribution in [0.5, 0.6) is 0 Å². The van der Waals surface area contributed by atoms with Crippen molar-refractivity contribution in [1.82, 2.24) is 5.32 Å². The molecule has 1 fully saturated rings. The monoisotopic (exact) mass is 429 g/mol. The molecule has 2 atom stereocenters. The van der Waals surface area contributed by atoms with Gasteiger partial charge in [0.2, 0.25) is 5.78 Å². The van der Waals surface area contributed by atoms with Crippen LogP contribution in [0.1, 0.15) is 31.7 Å². The zero-order chi connectivity index (χ0) is 20.6. The van der Waals surface area contributed by atoms with Gasteiger partial charge in [-0.05, 0) is 36.8 Å². The maximum Gasteiger partial charge on any atom is 0.375 e. The van der Waals surface area contributed by atoms with Crippen LogP contribution in [0.15, 0.2) is 42.8 Å². The van der Waals surface area contributed by atoms with Gasteiger partial charge >= 0.3 is 13.6 Å². The third kappa shape index (κ3) is 6.27. The number of hydrogen-bond donors (Lipinski definition) is 1. The summed E-state index contributed by atoms with van der Waals surface area (Å²) < 4.78 is 34.1. The molecule has 0 saturated heterocycles. The molecular weight excluding hydrogens is 401 g/mol. The smallest absolute Gasteiger partial charge is 0.375 e. The summed E-state index contributed by atoms with van der Waals surface area (Å²) in [5.41, 5.74) is 1.16. The fourth-order valence-electron chi connectivity index (χ4n) is 2.50. The van der Waals surface area contributed by atoms with Gasteiger partial charge in [0.05, 0.1) is 7.11 Å². The number of ether oxygens (including phenoxy) is 2. The van der Waals surface area contributed by atoms with E-state index in [2.05, 4.69) is 18.8 Å². The van der Waals surface area contributed by atoms with Crippen LogP contribution in [0, 0.1) is 5.41 Å². The number of benzene rings is 1. The van der Waals surface area contributed by atoms with Crippen molar-refractivity contribution in [2.24, 2.45) is 5.41 Å². The maximum atomic E-state index is 13.2. The highest BCUT2D eigenvalue weighted by atomic mass is 32.2. The Morgan fingerprint density at radius 1 is 1.32 bits per heavy atom. The second-order valence-corrected chi connectivity index (χ2v) is 9.76. The van der Waals surface area contributed by atoms with Crippen LogP contribution in [0.2, 0.25) is 0 Å². The Kier molecular flexibility index (Phi) is 8.43. The first-order valence-corrected chi connectivity index (χ1v) is 11.6. The molecule has 1 N–H and O–H groups in total. The molecule has 1 saturated carbocycles. The molecular formula is C19H28NO6PS. The van der Waals surface area contributed by atoms with Crippen LogP contribution < -0.4 is 5.32 Å². The molecule has 1 aromatic rings. The highest BCUT2D eigenvalue weighted by Gasteiger charge is 2.45. The second kappa shape index (κ2) is 10.3. The fraction of sp³-hybridized carbons (Fsp3) is 0.526. The van der Waals surface area contributed by atoms with Crippen molar-refractivity contribution in [3.63, 3.8) is 0 Å². The Bertz CT molecular complexity index is 710. The van der Waals surface area contributed by atoms with E-state index in [4.69, 9.17) is 18.0 Å². The summed E-state index contributed by atoms with van der Waals surface area (Å²) in [5, 5.41) is 2.69. The summed E-state index contributed by atoms with van der Waals surface area (Å²) in [6, 6.07) is 9.47. The highest BCUT2D eigenvalue weighted by Crippen LogP contribution is 2.58. The first-order valence-electron chi connectivity index (χ1n) is 9.05. The van der Waals surface area contributed by atoms with E-state index in [-0.39, 0.29) is 17.9 Å². The maximum absolute atomic E-state index is 13.2. The van der Waals surface area contributed by atoms with Crippen molar-refractivity contribution >= 4 is 25.6 Å². The molecule has 1 aliphatic rings. The van der Waals surface area contributed by atoms with Crippen LogP contribution in [-0.4, -0.2) is 31.7 Å². The lowest BCUT2D eigenvalue weighted by molar-refractivity contribution is -0.141. The van der Waals surface area contributed by atoms with Crippen LogP contribution in [0.3, 0.4) is 0 Å². The Morgan fingerprint density at radius 2 is 2.00 bits per heavy atom. The van der Waals surface area contributed by atoms with E-state index >= 15 is 0 Å². The van der Waals surface area contributed by atoms with Crippen molar-refractivity contribution in [3.05, 3.63) is 48.4 Å². The first-order chi connectivity index (χ1) is 13.4. The first kappa shape index (κ1) is 22.8. The molecule has 2 rings (SSSR count). The lowest BCUT2D eigenvalue weighted by atomic mass is 10.1. The van der Waals surface area contributed by atoms with Gasteiger partial charge in [-0.1, -0.05) is 37.3 Å². The number of nitrogens with one attached hydrogen (secondary N) is 1. The molecule has 0 spiro atoms. The SMILES string of the molecule is C=C(NC(C(=O)OC)P(=O)(OC)OSCC1(CC)CC1)OCc1ccccc1. The summed E-state index contributed by atoms with van der Waals surface area (Å²) in [5.74, 6) is -1.41. The Balaban J connectivity index is 1.97. The zero-order valence-electron chi connectivity index (χ0n) is 16.5. The molecule has 0 amide bonds. The van der Waals surface area contributed by atoms with Crippen LogP contribution >= 0.6 is 19.6 Å². The van der Waals surface area contributed by atoms with Gasteiger partial charge in [-0.2, -0.15) is 0 Å². The molecule has 0 aromatic heterocycles. The van der Waals surface area contributed by atoms with E-state index in [1.807, 2.05) is 30.3 Å². The van der Waals surface area contributed by atoms with Gasteiger partial charge in [0.1, 0.15) is 6.61 Å². The summed E-state index contributed by atoms with van der Waals surface area (Å²) >= 11 is 1.07. The number of rotatable bonds is 13. The van der Waals surface area contributed by atoms with Crippen molar-refractivity contribution in [2.75, 3.05) is 20.0 Å². The average molecular weight is 429 g/mol. The van der Waals surface area contributed by atoms with Gasteiger partial charge in [-0.3, -0.25) is 4.57 Å². The van der Waals surface area contributed by atoms with E-state index in [1.54, 1.807) is 0 Å². The molecule has 0 radical (unpaired) electrons. The van der Waals surface area contributed by atoms with Gasteiger partial charge in [-0.15, -0.1) is 0 Å². The number of carbonyl (C=O) groups is 1. The fourth-order valence-corrected chi connectivity index (χ4v) is 5.50. The Morgan fingerprint density at radius 3 is 2.54 bits per heavy atom. The molecule has 7 nitrogen and oxygen atoms in total. The molecule has 0 heterocycles. The summed E-state index contributed by atoms with van der Waals surface area (Å²) in [6.07, 6.45) is 3.28. The molecule has 0 bridgehead atoms. The van der Waals surface area contributed by atoms with Crippen molar-refractivity contribution in [1.29, 1.82) is 0 Å². The van der Waals surface area contributed by atoms with Gasteiger partial charge in [-0.25, -0.2) is 8.76 Å². The summed E-state index contributed by atoms with van der Waals surface area (Å²) in [7, 11) is -1.43. The quantitative estimate of drug-likeness (QED) is 0.213. The van der Waals surface area contributed by atoms with Gasteiger partial charge in [0, 0.05) is 24.9 Å². The van der Waals surface area contributed by atoms with Crippen LogP contribution in [-0.2, 0) is 33.9 Å². The average Bonchev–Trinajstić information content (AvgIpc) is 3.50. The number of methoxy groups -OCH3 is 1. The van der Waals surface area contributed by atoms with E-state index in [1.165, 1.54) is 14.2 Å². The molecule has 9 heteroatoms. The normalized spacial score (nSPS) is 17.8. The third-order valence-electron chi connectivity index (χ3n) is 4.78. The van der Waals surface area contributed by atoms with Crippen LogP contribution in [0.25, 0.3) is 0 Å². The van der Waals surface area contributed by atoms with E-state index in [0.29, 0.717) is 5.75 Å². The van der Waals surface area contributed by atoms with Gasteiger partial charge in [0.25, 0.3) is 0 Å². The lowest BCUT2D eigenvalue weighted by Gasteiger charge is -2.25. The van der Waals surface area contributed by atoms with Crippen LogP contribution in [0.4, 0.5) is 0 Å². The predicted molar refractivity (Wildman–Crippen MR) is 109 cm³/mol. The summed E-state index contributed by atoms with van der Waals surface area (Å²) in [4.78, 5) is 12.2. The lowest BCUT2D eigenvalue weighted by Crippen LogP contribution is -2.38.